The van der Waals surface area contributed by atoms with Gasteiger partial charge in [-0.15, -0.1) is 0 Å². The summed E-state index contributed by atoms with van der Waals surface area (Å²) >= 11 is 4.49. The molecule has 1 heterocycles. The van der Waals surface area contributed by atoms with Gasteiger partial charge < -0.3 is 4.90 Å². The molecule has 2 rings (SSSR count). The molecule has 1 saturated carbocycles. The van der Waals surface area contributed by atoms with Crippen molar-refractivity contribution in [2.75, 3.05) is 6.54 Å². The van der Waals surface area contributed by atoms with E-state index in [4.69, 9.17) is 0 Å². The van der Waals surface area contributed by atoms with E-state index >= 15 is 0 Å². The van der Waals surface area contributed by atoms with Gasteiger partial charge in [-0.3, -0.25) is 4.79 Å². The number of nitrogens with zero attached hydrogens (tertiary/aromatic N) is 1. The third-order valence-corrected chi connectivity index (χ3v) is 5.23. The smallest absolute Gasteiger partial charge is 0.235 e. The van der Waals surface area contributed by atoms with E-state index in [0.717, 1.165) is 12.5 Å². The van der Waals surface area contributed by atoms with Crippen molar-refractivity contribution in [3.8, 4) is 0 Å². The van der Waals surface area contributed by atoms with E-state index < -0.39 is 0 Å². The van der Waals surface area contributed by atoms with E-state index in [0.29, 0.717) is 12.0 Å². The van der Waals surface area contributed by atoms with Crippen molar-refractivity contribution in [3.05, 3.63) is 0 Å². The van der Waals surface area contributed by atoms with Crippen LogP contribution in [0.15, 0.2) is 0 Å². The zero-order valence-electron chi connectivity index (χ0n) is 11.1. The molecule has 0 N–H and O–H groups in total. The fraction of sp³-hybridized carbons (Fsp3) is 0.929. The Morgan fingerprint density at radius 1 is 1.18 bits per heavy atom. The molecule has 98 valence electrons. The first kappa shape index (κ1) is 13.3. The van der Waals surface area contributed by atoms with Crippen LogP contribution >= 0.6 is 12.6 Å². The third kappa shape index (κ3) is 2.81. The number of thiol groups is 1. The highest BCUT2D eigenvalue weighted by Gasteiger charge is 2.37. The quantitative estimate of drug-likeness (QED) is 0.768. The minimum atomic E-state index is -0.114. The van der Waals surface area contributed by atoms with E-state index in [9.17, 15) is 4.79 Å². The van der Waals surface area contributed by atoms with Crippen molar-refractivity contribution < 1.29 is 4.79 Å². The van der Waals surface area contributed by atoms with E-state index in [1.165, 1.54) is 38.5 Å². The Morgan fingerprint density at radius 2 is 1.82 bits per heavy atom. The van der Waals surface area contributed by atoms with Crippen molar-refractivity contribution in [1.29, 1.82) is 0 Å². The van der Waals surface area contributed by atoms with Gasteiger partial charge in [0, 0.05) is 12.6 Å². The number of hydrogen-bond acceptors (Lipinski definition) is 2. The average Bonchev–Trinajstić information content (AvgIpc) is 2.96. The first-order valence-corrected chi connectivity index (χ1v) is 7.61. The van der Waals surface area contributed by atoms with Gasteiger partial charge in [0.25, 0.3) is 0 Å². The second-order valence-electron chi connectivity index (χ2n) is 5.97. The molecule has 2 atom stereocenters. The van der Waals surface area contributed by atoms with Gasteiger partial charge in [-0.2, -0.15) is 12.6 Å². The van der Waals surface area contributed by atoms with Gasteiger partial charge in [-0.05, 0) is 37.5 Å². The van der Waals surface area contributed by atoms with Crippen molar-refractivity contribution >= 4 is 18.5 Å². The highest BCUT2D eigenvalue weighted by atomic mass is 32.1. The molecule has 2 unspecified atom stereocenters. The standard InChI is InChI=1S/C14H25NOS/c1-10(2)13(17)14(16)15-9-5-8-12(15)11-6-3-4-7-11/h10-13,17H,3-9H2,1-2H3. The minimum absolute atomic E-state index is 0.114. The van der Waals surface area contributed by atoms with E-state index in [1.54, 1.807) is 0 Å². The monoisotopic (exact) mass is 255 g/mol. The summed E-state index contributed by atoms with van der Waals surface area (Å²) in [6, 6.07) is 0.526. The summed E-state index contributed by atoms with van der Waals surface area (Å²) in [5, 5.41) is -0.114. The van der Waals surface area contributed by atoms with Crippen LogP contribution in [-0.4, -0.2) is 28.6 Å². The van der Waals surface area contributed by atoms with Gasteiger partial charge >= 0.3 is 0 Å². The summed E-state index contributed by atoms with van der Waals surface area (Å²) < 4.78 is 0. The Balaban J connectivity index is 2.01. The average molecular weight is 255 g/mol. The number of hydrogen-bond donors (Lipinski definition) is 1. The van der Waals surface area contributed by atoms with E-state index in [1.807, 2.05) is 0 Å². The van der Waals surface area contributed by atoms with Crippen LogP contribution in [0.2, 0.25) is 0 Å². The predicted octanol–water partition coefficient (Wildman–Crippen LogP) is 3.12. The minimum Gasteiger partial charge on any atom is -0.338 e. The lowest BCUT2D eigenvalue weighted by Crippen LogP contribution is -2.44. The summed E-state index contributed by atoms with van der Waals surface area (Å²) in [5.74, 6) is 1.38. The molecule has 2 nitrogen and oxygen atoms in total. The Morgan fingerprint density at radius 3 is 2.41 bits per heavy atom. The molecular formula is C14H25NOS. The highest BCUT2D eigenvalue weighted by molar-refractivity contribution is 7.81. The Bertz CT molecular complexity index is 273. The first-order valence-electron chi connectivity index (χ1n) is 7.10. The van der Waals surface area contributed by atoms with Crippen LogP contribution in [0.1, 0.15) is 52.4 Å². The Kier molecular flexibility index (Phi) is 4.40. The lowest BCUT2D eigenvalue weighted by molar-refractivity contribution is -0.133. The summed E-state index contributed by atoms with van der Waals surface area (Å²) in [5.41, 5.74) is 0. The van der Waals surface area contributed by atoms with Crippen LogP contribution in [0.25, 0.3) is 0 Å². The molecule has 0 aromatic carbocycles. The summed E-state index contributed by atoms with van der Waals surface area (Å²) in [6.45, 7) is 5.12. The third-order valence-electron chi connectivity index (χ3n) is 4.41. The second kappa shape index (κ2) is 5.64. The molecule has 1 aliphatic carbocycles. The number of carbonyl (C=O) groups excluding carboxylic acids is 1. The molecule has 3 heteroatoms. The van der Waals surface area contributed by atoms with Crippen LogP contribution in [-0.2, 0) is 4.79 Å². The number of carbonyl (C=O) groups is 1. The van der Waals surface area contributed by atoms with E-state index in [2.05, 4.69) is 31.4 Å². The molecule has 0 aromatic heterocycles. The first-order chi connectivity index (χ1) is 8.11. The van der Waals surface area contributed by atoms with Gasteiger partial charge in [0.2, 0.25) is 5.91 Å². The SMILES string of the molecule is CC(C)C(S)C(=O)N1CCCC1C1CCCC1. The van der Waals surface area contributed by atoms with Crippen molar-refractivity contribution in [3.63, 3.8) is 0 Å². The lowest BCUT2D eigenvalue weighted by Gasteiger charge is -2.32. The molecule has 17 heavy (non-hydrogen) atoms. The molecule has 0 aromatic rings. The second-order valence-corrected chi connectivity index (χ2v) is 6.53. The van der Waals surface area contributed by atoms with Gasteiger partial charge in [0.05, 0.1) is 5.25 Å². The van der Waals surface area contributed by atoms with Crippen LogP contribution in [0, 0.1) is 11.8 Å². The molecule has 0 bridgehead atoms. The molecule has 2 aliphatic rings. The van der Waals surface area contributed by atoms with Gasteiger partial charge in [-0.25, -0.2) is 0 Å². The van der Waals surface area contributed by atoms with E-state index in [-0.39, 0.29) is 11.2 Å². The molecule has 1 amide bonds. The Hall–Kier alpha value is -0.180. The number of amides is 1. The van der Waals surface area contributed by atoms with Gasteiger partial charge in [0.1, 0.15) is 0 Å². The van der Waals surface area contributed by atoms with Gasteiger partial charge in [-0.1, -0.05) is 26.7 Å². The zero-order chi connectivity index (χ0) is 12.4. The Labute approximate surface area is 111 Å². The topological polar surface area (TPSA) is 20.3 Å². The molecule has 0 radical (unpaired) electrons. The molecule has 2 fully saturated rings. The maximum Gasteiger partial charge on any atom is 0.235 e. The fourth-order valence-electron chi connectivity index (χ4n) is 3.35. The summed E-state index contributed by atoms with van der Waals surface area (Å²) in [6.07, 6.45) is 7.77. The van der Waals surface area contributed by atoms with Crippen molar-refractivity contribution in [2.24, 2.45) is 11.8 Å². The lowest BCUT2D eigenvalue weighted by atomic mass is 9.95. The molecule has 1 saturated heterocycles. The van der Waals surface area contributed by atoms with Gasteiger partial charge in [0.15, 0.2) is 0 Å². The maximum atomic E-state index is 12.4. The molecule has 0 spiro atoms. The predicted molar refractivity (Wildman–Crippen MR) is 74.3 cm³/mol. The van der Waals surface area contributed by atoms with Crippen LogP contribution in [0.4, 0.5) is 0 Å². The number of likely N-dealkylation sites (tertiary alicyclic amines) is 1. The summed E-state index contributed by atoms with van der Waals surface area (Å²) in [4.78, 5) is 14.5. The van der Waals surface area contributed by atoms with Crippen LogP contribution in [0.5, 0.6) is 0 Å². The zero-order valence-corrected chi connectivity index (χ0v) is 12.0. The molecular weight excluding hydrogens is 230 g/mol. The van der Waals surface area contributed by atoms with Crippen LogP contribution in [0.3, 0.4) is 0 Å². The highest BCUT2D eigenvalue weighted by Crippen LogP contribution is 2.36. The maximum absolute atomic E-state index is 12.4. The van der Waals surface area contributed by atoms with Crippen molar-refractivity contribution in [2.45, 2.75) is 63.7 Å². The number of rotatable bonds is 3. The normalized spacial score (nSPS) is 28.0. The van der Waals surface area contributed by atoms with Crippen LogP contribution < -0.4 is 0 Å². The molecule has 1 aliphatic heterocycles. The van der Waals surface area contributed by atoms with Crippen molar-refractivity contribution in [1.82, 2.24) is 4.90 Å². The largest absolute Gasteiger partial charge is 0.338 e. The fourth-order valence-corrected chi connectivity index (χ4v) is 3.50. The summed E-state index contributed by atoms with van der Waals surface area (Å²) in [7, 11) is 0.